The third-order valence-electron chi connectivity index (χ3n) is 7.10. The van der Waals surface area contributed by atoms with Gasteiger partial charge in [-0.15, -0.1) is 0 Å². The molecule has 0 aliphatic carbocycles. The van der Waals surface area contributed by atoms with Gasteiger partial charge in [-0.2, -0.15) is 0 Å². The molecule has 0 aliphatic rings. The van der Waals surface area contributed by atoms with Crippen LogP contribution in [0.2, 0.25) is 0 Å². The zero-order valence-electron chi connectivity index (χ0n) is 24.9. The maximum Gasteiger partial charge on any atom is 0.328 e. The Balaban J connectivity index is 1.75. The Morgan fingerprint density at radius 1 is 0.643 bits per heavy atom. The zero-order chi connectivity index (χ0) is 31.1. The standard InChI is InChI=1S/C28H46N8O6/c1-21-19-35(27(41)31-25(21)39)13-7-3-5-9-23(37)33(15-11-29)17-18-34(16-12-30)24(38)10-6-4-8-14-36-20-22(2)26(40)32-28(36)42/h19-20H,3-18,29-30H2,1-2H3,(H,31,39,41)(H,32,40,42). The normalized spacial score (nSPS) is 11.0. The molecule has 2 aromatic rings. The number of H-pyrrole nitrogens is 2. The van der Waals surface area contributed by atoms with Crippen LogP contribution in [0.25, 0.3) is 0 Å². The lowest BCUT2D eigenvalue weighted by atomic mass is 10.1. The number of nitrogens with zero attached hydrogens (tertiary/aromatic N) is 4. The summed E-state index contributed by atoms with van der Waals surface area (Å²) in [4.78, 5) is 80.5. The predicted octanol–water partition coefficient (Wildman–Crippen LogP) is -0.601. The van der Waals surface area contributed by atoms with Gasteiger partial charge in [0.2, 0.25) is 11.8 Å². The molecule has 2 amide bonds. The number of nitrogens with two attached hydrogens (primary N) is 2. The highest BCUT2D eigenvalue weighted by molar-refractivity contribution is 5.77. The highest BCUT2D eigenvalue weighted by atomic mass is 16.2. The predicted molar refractivity (Wildman–Crippen MR) is 160 cm³/mol. The van der Waals surface area contributed by atoms with Crippen molar-refractivity contribution in [2.24, 2.45) is 11.5 Å². The quantitative estimate of drug-likeness (QED) is 0.155. The van der Waals surface area contributed by atoms with Crippen LogP contribution >= 0.6 is 0 Å². The van der Waals surface area contributed by atoms with Gasteiger partial charge in [0.1, 0.15) is 0 Å². The first-order chi connectivity index (χ1) is 20.1. The first-order valence-electron chi connectivity index (χ1n) is 14.6. The number of nitrogens with one attached hydrogen (secondary N) is 2. The number of hydrogen-bond donors (Lipinski definition) is 4. The van der Waals surface area contributed by atoms with Gasteiger partial charge in [0.15, 0.2) is 0 Å². The summed E-state index contributed by atoms with van der Waals surface area (Å²) in [6.45, 7) is 6.32. The summed E-state index contributed by atoms with van der Waals surface area (Å²) in [5.74, 6) is -0.0734. The maximum atomic E-state index is 12.9. The lowest BCUT2D eigenvalue weighted by Crippen LogP contribution is -2.44. The number of aryl methyl sites for hydroxylation is 4. The highest BCUT2D eigenvalue weighted by Crippen LogP contribution is 2.08. The molecule has 14 nitrogen and oxygen atoms in total. The summed E-state index contributed by atoms with van der Waals surface area (Å²) in [5.41, 5.74) is 10.8. The minimum atomic E-state index is -0.440. The van der Waals surface area contributed by atoms with E-state index in [1.54, 1.807) is 36.0 Å². The highest BCUT2D eigenvalue weighted by Gasteiger charge is 2.17. The number of amides is 2. The van der Waals surface area contributed by atoms with Crippen molar-refractivity contribution in [3.63, 3.8) is 0 Å². The first kappa shape index (κ1) is 34.4. The summed E-state index contributed by atoms with van der Waals surface area (Å²) in [5, 5.41) is 0. The van der Waals surface area contributed by atoms with Gasteiger partial charge in [0.05, 0.1) is 0 Å². The minimum Gasteiger partial charge on any atom is -0.340 e. The SMILES string of the molecule is Cc1cn(CCCCCC(=O)N(CCN)CCN(CCN)C(=O)CCCCCn2cc(C)c(=O)[nH]c2=O)c(=O)[nH]c1=O. The second-order valence-electron chi connectivity index (χ2n) is 10.5. The van der Waals surface area contributed by atoms with Crippen LogP contribution < -0.4 is 34.0 Å². The average molecular weight is 591 g/mol. The van der Waals surface area contributed by atoms with Crippen molar-refractivity contribution in [3.05, 3.63) is 65.2 Å². The molecule has 0 fully saturated rings. The van der Waals surface area contributed by atoms with E-state index in [2.05, 4.69) is 9.97 Å². The van der Waals surface area contributed by atoms with E-state index in [-0.39, 0.29) is 22.9 Å². The fourth-order valence-electron chi connectivity index (χ4n) is 4.63. The van der Waals surface area contributed by atoms with Gasteiger partial charge < -0.3 is 30.4 Å². The number of carbonyl (C=O) groups excluding carboxylic acids is 2. The van der Waals surface area contributed by atoms with Gasteiger partial charge in [-0.1, -0.05) is 12.8 Å². The smallest absolute Gasteiger partial charge is 0.328 e. The molecule has 2 rings (SSSR count). The van der Waals surface area contributed by atoms with Crippen LogP contribution in [0.4, 0.5) is 0 Å². The van der Waals surface area contributed by atoms with Crippen LogP contribution in [-0.4, -0.2) is 80.0 Å². The fraction of sp³-hybridized carbons (Fsp3) is 0.643. The molecule has 234 valence electrons. The molecule has 0 atom stereocenters. The van der Waals surface area contributed by atoms with Crippen LogP contribution in [0.15, 0.2) is 31.6 Å². The molecule has 0 radical (unpaired) electrons. The van der Waals surface area contributed by atoms with Gasteiger partial charge >= 0.3 is 11.4 Å². The second-order valence-corrected chi connectivity index (χ2v) is 10.5. The van der Waals surface area contributed by atoms with Crippen LogP contribution in [-0.2, 0) is 22.7 Å². The van der Waals surface area contributed by atoms with E-state index in [0.29, 0.717) is 102 Å². The summed E-state index contributed by atoms with van der Waals surface area (Å²) in [6.07, 6.45) is 7.90. The Kier molecular flexibility index (Phi) is 14.7. The Labute approximate surface area is 244 Å². The van der Waals surface area contributed by atoms with Crippen LogP contribution in [0, 0.1) is 13.8 Å². The molecule has 0 saturated carbocycles. The van der Waals surface area contributed by atoms with Crippen molar-refractivity contribution in [1.29, 1.82) is 0 Å². The molecule has 0 aliphatic heterocycles. The number of carbonyl (C=O) groups is 2. The van der Waals surface area contributed by atoms with E-state index in [4.69, 9.17) is 11.5 Å². The monoisotopic (exact) mass is 590 g/mol. The van der Waals surface area contributed by atoms with Crippen LogP contribution in [0.3, 0.4) is 0 Å². The number of aromatic nitrogens is 4. The molecule has 0 spiro atoms. The average Bonchev–Trinajstić information content (AvgIpc) is 2.94. The van der Waals surface area contributed by atoms with Crippen molar-refractivity contribution in [1.82, 2.24) is 28.9 Å². The Hall–Kier alpha value is -3.78. The molecule has 0 bridgehead atoms. The van der Waals surface area contributed by atoms with Crippen molar-refractivity contribution in [2.75, 3.05) is 39.3 Å². The Morgan fingerprint density at radius 2 is 1.02 bits per heavy atom. The Morgan fingerprint density at radius 3 is 1.38 bits per heavy atom. The second kappa shape index (κ2) is 17.9. The van der Waals surface area contributed by atoms with Crippen molar-refractivity contribution >= 4 is 11.8 Å². The molecule has 14 heteroatoms. The molecule has 0 saturated heterocycles. The lowest BCUT2D eigenvalue weighted by molar-refractivity contribution is -0.135. The van der Waals surface area contributed by atoms with Crippen molar-refractivity contribution < 1.29 is 9.59 Å². The molecule has 2 heterocycles. The van der Waals surface area contributed by atoms with Crippen molar-refractivity contribution in [2.45, 2.75) is 78.3 Å². The molecular formula is C28H46N8O6. The summed E-state index contributed by atoms with van der Waals surface area (Å²) in [6, 6.07) is 0. The lowest BCUT2D eigenvalue weighted by Gasteiger charge is -2.28. The van der Waals surface area contributed by atoms with E-state index in [9.17, 15) is 28.8 Å². The Bertz CT molecular complexity index is 1290. The van der Waals surface area contributed by atoms with E-state index in [1.807, 2.05) is 0 Å². The maximum absolute atomic E-state index is 12.9. The van der Waals surface area contributed by atoms with Crippen molar-refractivity contribution in [3.8, 4) is 0 Å². The van der Waals surface area contributed by atoms with Gasteiger partial charge in [-0.25, -0.2) is 9.59 Å². The van der Waals surface area contributed by atoms with Gasteiger partial charge in [-0.3, -0.25) is 29.1 Å². The van der Waals surface area contributed by atoms with E-state index in [0.717, 1.165) is 12.8 Å². The summed E-state index contributed by atoms with van der Waals surface area (Å²) >= 11 is 0. The van der Waals surface area contributed by atoms with Crippen LogP contribution in [0.5, 0.6) is 0 Å². The molecule has 6 N–H and O–H groups in total. The molecule has 42 heavy (non-hydrogen) atoms. The van der Waals surface area contributed by atoms with Gasteiger partial charge in [-0.05, 0) is 39.5 Å². The van der Waals surface area contributed by atoms with Gasteiger partial charge in [0.25, 0.3) is 11.1 Å². The minimum absolute atomic E-state index is 0.0367. The molecular weight excluding hydrogens is 544 g/mol. The van der Waals surface area contributed by atoms with E-state index < -0.39 is 11.4 Å². The van der Waals surface area contributed by atoms with Crippen LogP contribution in [0.1, 0.15) is 62.5 Å². The summed E-state index contributed by atoms with van der Waals surface area (Å²) < 4.78 is 2.94. The number of aromatic amines is 2. The number of unbranched alkanes of at least 4 members (excludes halogenated alkanes) is 4. The third kappa shape index (κ3) is 11.2. The van der Waals surface area contributed by atoms with Gasteiger partial charge in [0, 0.05) is 88.7 Å². The summed E-state index contributed by atoms with van der Waals surface area (Å²) in [7, 11) is 0. The van der Waals surface area contributed by atoms with E-state index >= 15 is 0 Å². The first-order valence-corrected chi connectivity index (χ1v) is 14.6. The molecule has 0 aromatic carbocycles. The third-order valence-corrected chi connectivity index (χ3v) is 7.10. The molecule has 2 aromatic heterocycles. The fourth-order valence-corrected chi connectivity index (χ4v) is 4.63. The zero-order valence-corrected chi connectivity index (χ0v) is 24.9. The number of rotatable bonds is 19. The number of hydrogen-bond acceptors (Lipinski definition) is 8. The molecule has 0 unspecified atom stereocenters. The van der Waals surface area contributed by atoms with E-state index in [1.165, 1.54) is 9.13 Å². The topological polar surface area (TPSA) is 202 Å². The largest absolute Gasteiger partial charge is 0.340 e.